The predicted octanol–water partition coefficient (Wildman–Crippen LogP) is 2.00. The monoisotopic (exact) mass is 306 g/mol. The van der Waals surface area contributed by atoms with Gasteiger partial charge in [0.05, 0.1) is 5.75 Å². The Labute approximate surface area is 130 Å². The van der Waals surface area contributed by atoms with Crippen LogP contribution in [0.2, 0.25) is 0 Å². The minimum atomic E-state index is -0.323. The molecule has 1 saturated heterocycles. The molecule has 1 fully saturated rings. The van der Waals surface area contributed by atoms with Gasteiger partial charge >= 0.3 is 0 Å². The Hall–Kier alpha value is -1.49. The number of rotatable bonds is 6. The van der Waals surface area contributed by atoms with Crippen molar-refractivity contribution in [1.82, 2.24) is 4.90 Å². The zero-order valence-electron chi connectivity index (χ0n) is 12.2. The molecule has 0 aliphatic carbocycles. The van der Waals surface area contributed by atoms with Crippen molar-refractivity contribution in [2.75, 3.05) is 24.6 Å². The topological polar surface area (TPSA) is 63.4 Å². The molecule has 0 spiro atoms. The number of amides is 2. The van der Waals surface area contributed by atoms with Crippen molar-refractivity contribution in [3.05, 3.63) is 35.9 Å². The summed E-state index contributed by atoms with van der Waals surface area (Å²) in [4.78, 5) is 24.7. The average molecular weight is 306 g/mol. The summed E-state index contributed by atoms with van der Waals surface area (Å²) in [6.45, 7) is 1.66. The van der Waals surface area contributed by atoms with E-state index in [4.69, 9.17) is 5.73 Å². The van der Waals surface area contributed by atoms with Crippen LogP contribution in [0, 0.1) is 0 Å². The van der Waals surface area contributed by atoms with Gasteiger partial charge in [0.2, 0.25) is 11.8 Å². The molecule has 114 valence electrons. The molecule has 0 atom stereocenters. The van der Waals surface area contributed by atoms with Crippen molar-refractivity contribution in [1.29, 1.82) is 0 Å². The molecule has 2 amide bonds. The Morgan fingerprint density at radius 2 is 1.86 bits per heavy atom. The van der Waals surface area contributed by atoms with Crippen molar-refractivity contribution in [3.63, 3.8) is 0 Å². The molecule has 1 aliphatic rings. The van der Waals surface area contributed by atoms with Crippen LogP contribution in [0.4, 0.5) is 0 Å². The number of carbonyl (C=O) groups excluding carboxylic acids is 2. The van der Waals surface area contributed by atoms with Gasteiger partial charge in [-0.25, -0.2) is 0 Å². The van der Waals surface area contributed by atoms with Gasteiger partial charge in [0.15, 0.2) is 0 Å². The lowest BCUT2D eigenvalue weighted by Gasteiger charge is -2.32. The number of hydrogen-bond donors (Lipinski definition) is 1. The maximum absolute atomic E-state index is 12.1. The second kappa shape index (κ2) is 8.08. The first kappa shape index (κ1) is 15.9. The molecule has 1 aromatic rings. The van der Waals surface area contributed by atoms with Crippen molar-refractivity contribution >= 4 is 23.6 Å². The minimum Gasteiger partial charge on any atom is -0.369 e. The predicted molar refractivity (Wildman–Crippen MR) is 86.1 cm³/mol. The third-order valence-electron chi connectivity index (χ3n) is 3.82. The van der Waals surface area contributed by atoms with Crippen molar-refractivity contribution in [3.8, 4) is 0 Å². The van der Waals surface area contributed by atoms with E-state index in [0.29, 0.717) is 23.8 Å². The highest BCUT2D eigenvalue weighted by Crippen LogP contribution is 2.28. The van der Waals surface area contributed by atoms with E-state index >= 15 is 0 Å². The number of benzene rings is 1. The summed E-state index contributed by atoms with van der Waals surface area (Å²) in [6.07, 6.45) is 2.56. The molecule has 1 heterocycles. The standard InChI is InChI=1S/C16H22N2O2S/c17-15(19)12-21-11-8-16(20)18-9-6-14(7-10-18)13-4-2-1-3-5-13/h1-5,14H,6-12H2,(H2,17,19). The summed E-state index contributed by atoms with van der Waals surface area (Å²) in [7, 11) is 0. The zero-order chi connectivity index (χ0) is 15.1. The number of nitrogens with zero attached hydrogens (tertiary/aromatic N) is 1. The number of thioether (sulfide) groups is 1. The number of carbonyl (C=O) groups is 2. The van der Waals surface area contributed by atoms with E-state index < -0.39 is 0 Å². The Morgan fingerprint density at radius 1 is 1.19 bits per heavy atom. The molecule has 0 saturated carbocycles. The number of piperidine rings is 1. The fourth-order valence-corrected chi connectivity index (χ4v) is 3.34. The summed E-state index contributed by atoms with van der Waals surface area (Å²) in [5.41, 5.74) is 6.44. The highest BCUT2D eigenvalue weighted by atomic mass is 32.2. The van der Waals surface area contributed by atoms with Crippen LogP contribution in [0.3, 0.4) is 0 Å². The van der Waals surface area contributed by atoms with Gasteiger partial charge in [-0.05, 0) is 24.3 Å². The molecule has 1 aliphatic heterocycles. The Kier molecular flexibility index (Phi) is 6.11. The third-order valence-corrected chi connectivity index (χ3v) is 4.80. The van der Waals surface area contributed by atoms with E-state index in [1.54, 1.807) is 0 Å². The van der Waals surface area contributed by atoms with Gasteiger partial charge in [-0.3, -0.25) is 9.59 Å². The molecule has 1 aromatic carbocycles. The van der Waals surface area contributed by atoms with Crippen LogP contribution in [0.15, 0.2) is 30.3 Å². The van der Waals surface area contributed by atoms with E-state index in [1.807, 2.05) is 11.0 Å². The van der Waals surface area contributed by atoms with Crippen molar-refractivity contribution in [2.45, 2.75) is 25.2 Å². The number of nitrogens with two attached hydrogens (primary N) is 1. The molecular weight excluding hydrogens is 284 g/mol. The van der Waals surface area contributed by atoms with E-state index in [-0.39, 0.29) is 11.8 Å². The fourth-order valence-electron chi connectivity index (χ4n) is 2.68. The summed E-state index contributed by atoms with van der Waals surface area (Å²) in [5.74, 6) is 1.40. The van der Waals surface area contributed by atoms with Crippen LogP contribution in [-0.2, 0) is 9.59 Å². The fraction of sp³-hybridized carbons (Fsp3) is 0.500. The number of primary amides is 1. The Morgan fingerprint density at radius 3 is 2.48 bits per heavy atom. The smallest absolute Gasteiger partial charge is 0.227 e. The first-order valence-corrected chi connectivity index (χ1v) is 8.51. The highest BCUT2D eigenvalue weighted by molar-refractivity contribution is 7.99. The van der Waals surface area contributed by atoms with E-state index in [9.17, 15) is 9.59 Å². The number of hydrogen-bond acceptors (Lipinski definition) is 3. The van der Waals surface area contributed by atoms with Crippen molar-refractivity contribution < 1.29 is 9.59 Å². The molecule has 5 heteroatoms. The van der Waals surface area contributed by atoms with Gasteiger partial charge in [0.25, 0.3) is 0 Å². The molecule has 0 unspecified atom stereocenters. The maximum atomic E-state index is 12.1. The van der Waals surface area contributed by atoms with E-state index in [1.165, 1.54) is 17.3 Å². The molecule has 4 nitrogen and oxygen atoms in total. The lowest BCUT2D eigenvalue weighted by atomic mass is 9.89. The molecular formula is C16H22N2O2S. The largest absolute Gasteiger partial charge is 0.369 e. The first-order valence-electron chi connectivity index (χ1n) is 7.35. The van der Waals surface area contributed by atoms with Crippen molar-refractivity contribution in [2.24, 2.45) is 5.73 Å². The molecule has 2 N–H and O–H groups in total. The van der Waals surface area contributed by atoms with E-state index in [0.717, 1.165) is 25.9 Å². The van der Waals surface area contributed by atoms with Gasteiger partial charge < -0.3 is 10.6 Å². The molecule has 2 rings (SSSR count). The van der Waals surface area contributed by atoms with Gasteiger partial charge in [0, 0.05) is 25.3 Å². The highest BCUT2D eigenvalue weighted by Gasteiger charge is 2.23. The average Bonchev–Trinajstić information content (AvgIpc) is 2.52. The minimum absolute atomic E-state index is 0.193. The summed E-state index contributed by atoms with van der Waals surface area (Å²) < 4.78 is 0. The third kappa shape index (κ3) is 5.08. The van der Waals surface area contributed by atoms with Gasteiger partial charge in [-0.2, -0.15) is 11.8 Å². The normalized spacial score (nSPS) is 15.9. The van der Waals surface area contributed by atoms with Gasteiger partial charge in [-0.1, -0.05) is 30.3 Å². The van der Waals surface area contributed by atoms with Gasteiger partial charge in [-0.15, -0.1) is 0 Å². The maximum Gasteiger partial charge on any atom is 0.227 e. The molecule has 0 radical (unpaired) electrons. The summed E-state index contributed by atoms with van der Waals surface area (Å²) in [6, 6.07) is 10.5. The Bertz CT molecular complexity index is 470. The molecule has 0 aromatic heterocycles. The zero-order valence-corrected chi connectivity index (χ0v) is 13.0. The lowest BCUT2D eigenvalue weighted by Crippen LogP contribution is -2.38. The second-order valence-corrected chi connectivity index (χ2v) is 6.44. The van der Waals surface area contributed by atoms with Crippen LogP contribution < -0.4 is 5.73 Å². The first-order chi connectivity index (χ1) is 10.2. The summed E-state index contributed by atoms with van der Waals surface area (Å²) >= 11 is 1.43. The van der Waals surface area contributed by atoms with Crippen LogP contribution in [0.5, 0.6) is 0 Å². The molecule has 0 bridgehead atoms. The SMILES string of the molecule is NC(=O)CSCCC(=O)N1CCC(c2ccccc2)CC1. The van der Waals surface area contributed by atoms with Gasteiger partial charge in [0.1, 0.15) is 0 Å². The quantitative estimate of drug-likeness (QED) is 0.818. The Balaban J connectivity index is 1.71. The van der Waals surface area contributed by atoms with Crippen LogP contribution >= 0.6 is 11.8 Å². The van der Waals surface area contributed by atoms with Crippen LogP contribution in [0.25, 0.3) is 0 Å². The lowest BCUT2D eigenvalue weighted by molar-refractivity contribution is -0.131. The number of likely N-dealkylation sites (tertiary alicyclic amines) is 1. The molecule has 21 heavy (non-hydrogen) atoms. The second-order valence-electron chi connectivity index (χ2n) is 5.33. The van der Waals surface area contributed by atoms with E-state index in [2.05, 4.69) is 24.3 Å². The van der Waals surface area contributed by atoms with Crippen LogP contribution in [-0.4, -0.2) is 41.3 Å². The summed E-state index contributed by atoms with van der Waals surface area (Å²) in [5, 5.41) is 0. The van der Waals surface area contributed by atoms with Crippen LogP contribution in [0.1, 0.15) is 30.7 Å².